The zero-order valence-electron chi connectivity index (χ0n) is 12.3. The molecule has 1 aliphatic heterocycles. The van der Waals surface area contributed by atoms with E-state index in [0.29, 0.717) is 19.3 Å². The summed E-state index contributed by atoms with van der Waals surface area (Å²) < 4.78 is 21.2. The highest BCUT2D eigenvalue weighted by Crippen LogP contribution is 2.11. The summed E-state index contributed by atoms with van der Waals surface area (Å²) in [4.78, 5) is 10.6. The van der Waals surface area contributed by atoms with Crippen LogP contribution in [-0.2, 0) is 23.7 Å². The maximum atomic E-state index is 10.6. The van der Waals surface area contributed by atoms with Crippen LogP contribution in [0.2, 0.25) is 6.04 Å². The van der Waals surface area contributed by atoms with Gasteiger partial charge < -0.3 is 18.9 Å². The Bertz CT molecular complexity index is 266. The minimum Gasteiger partial charge on any atom is -0.463 e. The van der Waals surface area contributed by atoms with E-state index in [9.17, 15) is 4.79 Å². The standard InChI is InChI=1S/C13H26O5Si/c1-11(14)16-6-7-18-13(2,3)19-8-4-5-15-9-12-10-17-12/h12H,4-10,19H2,1-3H3. The third-order valence-electron chi connectivity index (χ3n) is 2.91. The fraction of sp³-hybridized carbons (Fsp3) is 0.923. The van der Waals surface area contributed by atoms with Gasteiger partial charge in [-0.15, -0.1) is 0 Å². The molecule has 1 saturated heterocycles. The highest BCUT2D eigenvalue weighted by atomic mass is 28.2. The fourth-order valence-electron chi connectivity index (χ4n) is 1.71. The maximum absolute atomic E-state index is 10.6. The normalized spacial score (nSPS) is 19.0. The van der Waals surface area contributed by atoms with Crippen LogP contribution in [-0.4, -0.2) is 59.9 Å². The number of epoxide rings is 1. The molecule has 1 heterocycles. The molecule has 1 unspecified atom stereocenters. The summed E-state index contributed by atoms with van der Waals surface area (Å²) in [5.41, 5.74) is 0. The Morgan fingerprint density at radius 2 is 2.11 bits per heavy atom. The van der Waals surface area contributed by atoms with Gasteiger partial charge in [0.25, 0.3) is 0 Å². The molecule has 0 amide bonds. The summed E-state index contributed by atoms with van der Waals surface area (Å²) in [7, 11) is -0.314. The Kier molecular flexibility index (Phi) is 7.59. The number of carbonyl (C=O) groups excluding carboxylic acids is 1. The Labute approximate surface area is 117 Å². The third kappa shape index (κ3) is 10.1. The molecule has 0 aromatic heterocycles. The molecule has 0 radical (unpaired) electrons. The van der Waals surface area contributed by atoms with Gasteiger partial charge >= 0.3 is 5.97 Å². The van der Waals surface area contributed by atoms with E-state index in [2.05, 4.69) is 13.8 Å². The van der Waals surface area contributed by atoms with E-state index in [-0.39, 0.29) is 20.7 Å². The minimum atomic E-state index is -0.314. The number of ether oxygens (including phenoxy) is 4. The average Bonchev–Trinajstić information content (AvgIpc) is 3.13. The molecule has 19 heavy (non-hydrogen) atoms. The SMILES string of the molecule is CC(=O)OCCOC(C)(C)[SiH2]CCCOCC1CO1. The molecule has 6 heteroatoms. The van der Waals surface area contributed by atoms with Crippen molar-refractivity contribution >= 4 is 15.5 Å². The Hall–Kier alpha value is -0.433. The molecule has 0 bridgehead atoms. The van der Waals surface area contributed by atoms with Gasteiger partial charge in [0.1, 0.15) is 12.7 Å². The third-order valence-corrected chi connectivity index (χ3v) is 5.17. The number of esters is 1. The molecule has 0 aromatic carbocycles. The van der Waals surface area contributed by atoms with Crippen LogP contribution in [0.25, 0.3) is 0 Å². The number of carbonyl (C=O) groups is 1. The number of rotatable bonds is 11. The molecule has 1 fully saturated rings. The van der Waals surface area contributed by atoms with Crippen molar-refractivity contribution in [1.82, 2.24) is 0 Å². The highest BCUT2D eigenvalue weighted by molar-refractivity contribution is 6.39. The summed E-state index contributed by atoms with van der Waals surface area (Å²) in [6, 6.07) is 1.20. The van der Waals surface area contributed by atoms with Crippen molar-refractivity contribution in [3.05, 3.63) is 0 Å². The minimum absolute atomic E-state index is 0.0419. The van der Waals surface area contributed by atoms with E-state index in [1.165, 1.54) is 13.0 Å². The second-order valence-corrected chi connectivity index (χ2v) is 8.35. The van der Waals surface area contributed by atoms with Crippen LogP contribution < -0.4 is 0 Å². The lowest BCUT2D eigenvalue weighted by atomic mass is 10.4. The molecule has 1 aliphatic rings. The van der Waals surface area contributed by atoms with Crippen molar-refractivity contribution in [3.63, 3.8) is 0 Å². The molecule has 1 atom stereocenters. The lowest BCUT2D eigenvalue weighted by Gasteiger charge is -2.24. The first-order chi connectivity index (χ1) is 8.99. The van der Waals surface area contributed by atoms with E-state index in [1.54, 1.807) is 0 Å². The van der Waals surface area contributed by atoms with Crippen molar-refractivity contribution in [2.24, 2.45) is 0 Å². The average molecular weight is 290 g/mol. The van der Waals surface area contributed by atoms with Crippen LogP contribution in [0.1, 0.15) is 27.2 Å². The van der Waals surface area contributed by atoms with Gasteiger partial charge in [0.2, 0.25) is 0 Å². The molecule has 0 aromatic rings. The van der Waals surface area contributed by atoms with Crippen LogP contribution in [0.5, 0.6) is 0 Å². The molecule has 1 rings (SSSR count). The quantitative estimate of drug-likeness (QED) is 0.243. The monoisotopic (exact) mass is 290 g/mol. The van der Waals surface area contributed by atoms with Gasteiger partial charge in [0.05, 0.1) is 29.3 Å². The summed E-state index contributed by atoms with van der Waals surface area (Å²) in [6.07, 6.45) is 1.45. The second-order valence-electron chi connectivity index (χ2n) is 5.44. The Balaban J connectivity index is 1.90. The molecule has 5 nitrogen and oxygen atoms in total. The van der Waals surface area contributed by atoms with Gasteiger partial charge in [-0.2, -0.15) is 0 Å². The van der Waals surface area contributed by atoms with Gasteiger partial charge in [-0.05, 0) is 20.3 Å². The van der Waals surface area contributed by atoms with Gasteiger partial charge in [-0.1, -0.05) is 6.04 Å². The first-order valence-electron chi connectivity index (χ1n) is 6.96. The second kappa shape index (κ2) is 8.68. The molecule has 0 aliphatic carbocycles. The molecule has 0 N–H and O–H groups in total. The van der Waals surface area contributed by atoms with Crippen molar-refractivity contribution in [2.75, 3.05) is 33.0 Å². The van der Waals surface area contributed by atoms with Gasteiger partial charge in [0.15, 0.2) is 0 Å². The Morgan fingerprint density at radius 1 is 1.37 bits per heavy atom. The van der Waals surface area contributed by atoms with Crippen LogP contribution in [0.3, 0.4) is 0 Å². The van der Waals surface area contributed by atoms with Crippen molar-refractivity contribution < 1.29 is 23.7 Å². The summed E-state index contributed by atoms with van der Waals surface area (Å²) in [5.74, 6) is -0.254. The topological polar surface area (TPSA) is 57.3 Å². The number of hydrogen-bond acceptors (Lipinski definition) is 5. The van der Waals surface area contributed by atoms with Crippen LogP contribution in [0.4, 0.5) is 0 Å². The number of hydrogen-bond donors (Lipinski definition) is 0. The summed E-state index contributed by atoms with van der Waals surface area (Å²) in [6.45, 7) is 8.88. The van der Waals surface area contributed by atoms with Crippen LogP contribution in [0.15, 0.2) is 0 Å². The van der Waals surface area contributed by atoms with Crippen LogP contribution >= 0.6 is 0 Å². The van der Waals surface area contributed by atoms with Gasteiger partial charge in [-0.25, -0.2) is 0 Å². The van der Waals surface area contributed by atoms with Gasteiger partial charge in [0, 0.05) is 18.8 Å². The largest absolute Gasteiger partial charge is 0.463 e. The summed E-state index contributed by atoms with van der Waals surface area (Å²) in [5, 5.41) is -0.0419. The zero-order valence-corrected chi connectivity index (χ0v) is 13.7. The van der Waals surface area contributed by atoms with E-state index in [0.717, 1.165) is 26.2 Å². The predicted octanol–water partition coefficient (Wildman–Crippen LogP) is 0.695. The lowest BCUT2D eigenvalue weighted by molar-refractivity contribution is -0.143. The van der Waals surface area contributed by atoms with Gasteiger partial charge in [-0.3, -0.25) is 4.79 Å². The maximum Gasteiger partial charge on any atom is 0.302 e. The van der Waals surface area contributed by atoms with E-state index in [4.69, 9.17) is 18.9 Å². The van der Waals surface area contributed by atoms with Crippen LogP contribution in [0, 0.1) is 0 Å². The van der Waals surface area contributed by atoms with Crippen molar-refractivity contribution in [3.8, 4) is 0 Å². The molecular weight excluding hydrogens is 264 g/mol. The smallest absolute Gasteiger partial charge is 0.302 e. The van der Waals surface area contributed by atoms with E-state index in [1.807, 2.05) is 0 Å². The first-order valence-corrected chi connectivity index (χ1v) is 8.67. The molecular formula is C13H26O5Si. The highest BCUT2D eigenvalue weighted by Gasteiger charge is 2.22. The fourth-order valence-corrected chi connectivity index (χ4v) is 3.30. The lowest BCUT2D eigenvalue weighted by Crippen LogP contribution is -2.33. The first kappa shape index (κ1) is 16.6. The van der Waals surface area contributed by atoms with Crippen molar-refractivity contribution in [1.29, 1.82) is 0 Å². The molecule has 112 valence electrons. The zero-order chi connectivity index (χ0) is 14.1. The predicted molar refractivity (Wildman–Crippen MR) is 75.2 cm³/mol. The van der Waals surface area contributed by atoms with Crippen molar-refractivity contribution in [2.45, 2.75) is 44.6 Å². The molecule has 0 saturated carbocycles. The van der Waals surface area contributed by atoms with E-state index < -0.39 is 0 Å². The molecule has 0 spiro atoms. The summed E-state index contributed by atoms with van der Waals surface area (Å²) >= 11 is 0. The van der Waals surface area contributed by atoms with E-state index >= 15 is 0 Å². The Morgan fingerprint density at radius 3 is 2.74 bits per heavy atom.